The number of morpholine rings is 1. The van der Waals surface area contributed by atoms with Gasteiger partial charge in [0.2, 0.25) is 5.95 Å². The van der Waals surface area contributed by atoms with Crippen molar-refractivity contribution in [1.82, 2.24) is 9.97 Å². The largest absolute Gasteiger partial charge is 0.477 e. The van der Waals surface area contributed by atoms with Crippen LogP contribution >= 0.6 is 0 Å². The predicted molar refractivity (Wildman–Crippen MR) is 67.4 cm³/mol. The summed E-state index contributed by atoms with van der Waals surface area (Å²) in [7, 11) is 0. The van der Waals surface area contributed by atoms with E-state index in [0.717, 1.165) is 0 Å². The second kappa shape index (κ2) is 5.50. The summed E-state index contributed by atoms with van der Waals surface area (Å²) in [4.78, 5) is 21.2. The summed E-state index contributed by atoms with van der Waals surface area (Å²) in [6.45, 7) is 4.48. The number of carboxylic acids is 1. The Kier molecular flexibility index (Phi) is 3.96. The maximum atomic E-state index is 11.0. The number of hydrogen-bond acceptors (Lipinski definition) is 6. The number of hydrogen-bond donors (Lipinski definition) is 2. The number of aliphatic hydroxyl groups excluding tert-OH is 1. The topological polar surface area (TPSA) is 95.8 Å². The second-order valence-corrected chi connectivity index (χ2v) is 4.64. The molecule has 1 aromatic heterocycles. The van der Waals surface area contributed by atoms with Crippen LogP contribution in [0.15, 0.2) is 6.07 Å². The van der Waals surface area contributed by atoms with E-state index in [9.17, 15) is 4.79 Å². The molecule has 2 heterocycles. The van der Waals surface area contributed by atoms with Crippen LogP contribution in [-0.2, 0) is 4.74 Å². The van der Waals surface area contributed by atoms with Gasteiger partial charge >= 0.3 is 5.97 Å². The lowest BCUT2D eigenvalue weighted by atomic mass is 10.2. The summed E-state index contributed by atoms with van der Waals surface area (Å²) in [5.41, 5.74) is 0.573. The van der Waals surface area contributed by atoms with Gasteiger partial charge in [-0.1, -0.05) is 0 Å². The number of rotatable bonds is 3. The monoisotopic (exact) mass is 267 g/mol. The predicted octanol–water partition coefficient (Wildman–Crippen LogP) is 0.0692. The molecule has 0 aliphatic carbocycles. The van der Waals surface area contributed by atoms with E-state index in [4.69, 9.17) is 14.9 Å². The zero-order valence-corrected chi connectivity index (χ0v) is 10.9. The Labute approximate surface area is 110 Å². The number of aromatic nitrogens is 2. The maximum Gasteiger partial charge on any atom is 0.354 e. The molecule has 1 aliphatic rings. The van der Waals surface area contributed by atoms with Crippen LogP contribution in [0.25, 0.3) is 0 Å². The van der Waals surface area contributed by atoms with Crippen LogP contribution in [0.4, 0.5) is 5.95 Å². The molecule has 1 fully saturated rings. The Hall–Kier alpha value is -1.73. The molecule has 19 heavy (non-hydrogen) atoms. The molecule has 7 nitrogen and oxygen atoms in total. The van der Waals surface area contributed by atoms with Crippen LogP contribution in [0.3, 0.4) is 0 Å². The van der Waals surface area contributed by atoms with Crippen LogP contribution in [-0.4, -0.2) is 58.1 Å². The fourth-order valence-electron chi connectivity index (χ4n) is 2.00. The first-order valence-electron chi connectivity index (χ1n) is 6.09. The van der Waals surface area contributed by atoms with Gasteiger partial charge in [-0.05, 0) is 19.9 Å². The molecule has 0 spiro atoms. The minimum atomic E-state index is -1.08. The maximum absolute atomic E-state index is 11.0. The Bertz CT molecular complexity index is 480. The molecule has 1 aliphatic heterocycles. The van der Waals surface area contributed by atoms with E-state index in [0.29, 0.717) is 24.8 Å². The lowest BCUT2D eigenvalue weighted by Crippen LogP contribution is -2.50. The van der Waals surface area contributed by atoms with Crippen LogP contribution in [0.2, 0.25) is 0 Å². The molecular weight excluding hydrogens is 250 g/mol. The van der Waals surface area contributed by atoms with Crippen molar-refractivity contribution in [2.24, 2.45) is 0 Å². The molecule has 2 rings (SSSR count). The third-order valence-electron chi connectivity index (χ3n) is 3.03. The Morgan fingerprint density at radius 3 is 2.95 bits per heavy atom. The average molecular weight is 267 g/mol. The van der Waals surface area contributed by atoms with E-state index in [-0.39, 0.29) is 24.4 Å². The van der Waals surface area contributed by atoms with E-state index in [1.54, 1.807) is 6.92 Å². The van der Waals surface area contributed by atoms with E-state index < -0.39 is 5.97 Å². The SMILES string of the molecule is Cc1cc(C(=O)O)nc(N2CC(CO)OCC2C)n1. The van der Waals surface area contributed by atoms with Crippen molar-refractivity contribution in [2.45, 2.75) is 26.0 Å². The molecule has 1 aromatic rings. The quantitative estimate of drug-likeness (QED) is 0.800. The Morgan fingerprint density at radius 1 is 1.58 bits per heavy atom. The van der Waals surface area contributed by atoms with Gasteiger partial charge in [0, 0.05) is 12.2 Å². The fourth-order valence-corrected chi connectivity index (χ4v) is 2.00. The Morgan fingerprint density at radius 2 is 2.32 bits per heavy atom. The molecule has 0 aromatic carbocycles. The van der Waals surface area contributed by atoms with Gasteiger partial charge in [0.15, 0.2) is 5.69 Å². The molecule has 104 valence electrons. The highest BCUT2D eigenvalue weighted by atomic mass is 16.5. The fraction of sp³-hybridized carbons (Fsp3) is 0.583. The lowest BCUT2D eigenvalue weighted by Gasteiger charge is -2.37. The van der Waals surface area contributed by atoms with Crippen molar-refractivity contribution in [3.05, 3.63) is 17.5 Å². The number of nitrogens with zero attached hydrogens (tertiary/aromatic N) is 3. The number of ether oxygens (including phenoxy) is 1. The average Bonchev–Trinajstić information content (AvgIpc) is 2.38. The number of anilines is 1. The van der Waals surface area contributed by atoms with Gasteiger partial charge in [-0.25, -0.2) is 14.8 Å². The minimum absolute atomic E-state index is 0.0262. The highest BCUT2D eigenvalue weighted by Gasteiger charge is 2.28. The van der Waals surface area contributed by atoms with Crippen molar-refractivity contribution in [2.75, 3.05) is 24.7 Å². The van der Waals surface area contributed by atoms with Gasteiger partial charge in [-0.3, -0.25) is 0 Å². The minimum Gasteiger partial charge on any atom is -0.477 e. The summed E-state index contributed by atoms with van der Waals surface area (Å²) < 4.78 is 5.44. The first-order valence-corrected chi connectivity index (χ1v) is 6.09. The number of aryl methyl sites for hydroxylation is 1. The van der Waals surface area contributed by atoms with E-state index >= 15 is 0 Å². The number of aromatic carboxylic acids is 1. The van der Waals surface area contributed by atoms with Gasteiger partial charge in [0.05, 0.1) is 25.4 Å². The molecule has 0 bridgehead atoms. The first kappa shape index (κ1) is 13.7. The van der Waals surface area contributed by atoms with E-state index in [1.807, 2.05) is 11.8 Å². The summed E-state index contributed by atoms with van der Waals surface area (Å²) in [6, 6.07) is 1.46. The number of carboxylic acid groups (broad SMARTS) is 1. The van der Waals surface area contributed by atoms with Crippen LogP contribution in [0.1, 0.15) is 23.1 Å². The van der Waals surface area contributed by atoms with E-state index in [2.05, 4.69) is 9.97 Å². The zero-order chi connectivity index (χ0) is 14.0. The van der Waals surface area contributed by atoms with Gasteiger partial charge < -0.3 is 19.8 Å². The molecule has 2 N–H and O–H groups in total. The molecule has 0 saturated carbocycles. The smallest absolute Gasteiger partial charge is 0.354 e. The zero-order valence-electron chi connectivity index (χ0n) is 10.9. The van der Waals surface area contributed by atoms with Gasteiger partial charge in [-0.2, -0.15) is 0 Å². The van der Waals surface area contributed by atoms with Crippen LogP contribution in [0.5, 0.6) is 0 Å². The van der Waals surface area contributed by atoms with Crippen molar-refractivity contribution < 1.29 is 19.7 Å². The highest BCUT2D eigenvalue weighted by Crippen LogP contribution is 2.19. The highest BCUT2D eigenvalue weighted by molar-refractivity contribution is 5.85. The van der Waals surface area contributed by atoms with Crippen LogP contribution < -0.4 is 4.90 Å². The normalized spacial score (nSPS) is 23.4. The summed E-state index contributed by atoms with van der Waals surface area (Å²) in [6.07, 6.45) is -0.298. The molecule has 1 saturated heterocycles. The summed E-state index contributed by atoms with van der Waals surface area (Å²) >= 11 is 0. The molecule has 0 radical (unpaired) electrons. The summed E-state index contributed by atoms with van der Waals surface area (Å²) in [5.74, 6) is -0.710. The lowest BCUT2D eigenvalue weighted by molar-refractivity contribution is -0.0108. The molecule has 2 unspecified atom stereocenters. The first-order chi connectivity index (χ1) is 9.01. The third kappa shape index (κ3) is 2.99. The molecule has 7 heteroatoms. The van der Waals surface area contributed by atoms with E-state index in [1.165, 1.54) is 6.07 Å². The number of carbonyl (C=O) groups is 1. The van der Waals surface area contributed by atoms with Gasteiger partial charge in [0.25, 0.3) is 0 Å². The molecular formula is C12H17N3O4. The summed E-state index contributed by atoms with van der Waals surface area (Å²) in [5, 5.41) is 18.2. The van der Waals surface area contributed by atoms with Gasteiger partial charge in [-0.15, -0.1) is 0 Å². The standard InChI is InChI=1S/C12H17N3O4/c1-7-3-10(11(17)18)14-12(13-7)15-4-9(5-16)19-6-8(15)2/h3,8-9,16H,4-6H2,1-2H3,(H,17,18). The van der Waals surface area contributed by atoms with Crippen LogP contribution in [0, 0.1) is 6.92 Å². The van der Waals surface area contributed by atoms with Crippen molar-refractivity contribution >= 4 is 11.9 Å². The number of aliphatic hydroxyl groups is 1. The van der Waals surface area contributed by atoms with Crippen molar-refractivity contribution in [1.29, 1.82) is 0 Å². The van der Waals surface area contributed by atoms with Crippen molar-refractivity contribution in [3.8, 4) is 0 Å². The molecule has 0 amide bonds. The Balaban J connectivity index is 2.31. The third-order valence-corrected chi connectivity index (χ3v) is 3.03. The van der Waals surface area contributed by atoms with Crippen molar-refractivity contribution in [3.63, 3.8) is 0 Å². The van der Waals surface area contributed by atoms with Gasteiger partial charge in [0.1, 0.15) is 0 Å². The molecule has 2 atom stereocenters. The second-order valence-electron chi connectivity index (χ2n) is 4.64.